The molecule has 1 aromatic carbocycles. The van der Waals surface area contributed by atoms with Crippen LogP contribution in [-0.4, -0.2) is 47.1 Å². The minimum Gasteiger partial charge on any atom is -0.456 e. The van der Waals surface area contributed by atoms with Crippen LogP contribution in [0.1, 0.15) is 28.2 Å². The highest BCUT2D eigenvalue weighted by atomic mass is 32.1. The van der Waals surface area contributed by atoms with E-state index in [0.29, 0.717) is 17.2 Å². The van der Waals surface area contributed by atoms with Crippen LogP contribution in [0, 0.1) is 6.92 Å². The Hall–Kier alpha value is -2.90. The molecule has 154 valence electrons. The lowest BCUT2D eigenvalue weighted by Gasteiger charge is -2.23. The zero-order chi connectivity index (χ0) is 20.7. The van der Waals surface area contributed by atoms with Crippen molar-refractivity contribution in [2.24, 2.45) is 0 Å². The van der Waals surface area contributed by atoms with Crippen LogP contribution in [0.2, 0.25) is 0 Å². The van der Waals surface area contributed by atoms with E-state index < -0.39 is 0 Å². The van der Waals surface area contributed by atoms with Crippen molar-refractivity contribution < 1.29 is 14.3 Å². The number of ether oxygens (including phenoxy) is 2. The molecule has 0 saturated carbocycles. The zero-order valence-electron chi connectivity index (χ0n) is 17.0. The summed E-state index contributed by atoms with van der Waals surface area (Å²) in [5, 5.41) is 1.11. The number of fused-ring (bicyclic) bond motifs is 2. The maximum absolute atomic E-state index is 13.1. The lowest BCUT2D eigenvalue weighted by Crippen LogP contribution is -2.37. The molecule has 5 rings (SSSR count). The fourth-order valence-electron chi connectivity index (χ4n) is 4.16. The summed E-state index contributed by atoms with van der Waals surface area (Å²) in [5.74, 6) is 1.52. The van der Waals surface area contributed by atoms with Crippen molar-refractivity contribution in [1.29, 1.82) is 0 Å². The standard InChI is InChI=1S/C23H23N3O3S/c1-14-10-15-11-17(5-6-18(15)25-14)29-20-7-8-24-19-12-21(30-22(19)20)23(27)26-9-3-4-16(26)13-28-2/h5-8,10-12,16,25H,3-4,9,13H2,1-2H3/t16-/m0/s1. The number of carbonyl (C=O) groups is 1. The van der Waals surface area contributed by atoms with Gasteiger partial charge < -0.3 is 19.4 Å². The predicted molar refractivity (Wildman–Crippen MR) is 119 cm³/mol. The van der Waals surface area contributed by atoms with Crippen molar-refractivity contribution in [3.05, 3.63) is 53.2 Å². The quantitative estimate of drug-likeness (QED) is 0.485. The summed E-state index contributed by atoms with van der Waals surface area (Å²) in [4.78, 5) is 23.5. The van der Waals surface area contributed by atoms with Crippen molar-refractivity contribution >= 4 is 38.4 Å². The second-order valence-electron chi connectivity index (χ2n) is 7.69. The largest absolute Gasteiger partial charge is 0.456 e. The highest BCUT2D eigenvalue weighted by Crippen LogP contribution is 2.36. The van der Waals surface area contributed by atoms with Crippen molar-refractivity contribution in [1.82, 2.24) is 14.9 Å². The molecule has 0 aliphatic carbocycles. The van der Waals surface area contributed by atoms with Crippen molar-refractivity contribution in [3.8, 4) is 11.5 Å². The van der Waals surface area contributed by atoms with E-state index in [1.807, 2.05) is 42.2 Å². The number of hydrogen-bond acceptors (Lipinski definition) is 5. The summed E-state index contributed by atoms with van der Waals surface area (Å²) in [6, 6.07) is 11.9. The molecule has 6 nitrogen and oxygen atoms in total. The highest BCUT2D eigenvalue weighted by molar-refractivity contribution is 7.21. The van der Waals surface area contributed by atoms with Crippen molar-refractivity contribution in [2.45, 2.75) is 25.8 Å². The molecular formula is C23H23N3O3S. The van der Waals surface area contributed by atoms with Gasteiger partial charge in [-0.15, -0.1) is 11.3 Å². The molecule has 3 aromatic heterocycles. The number of nitrogens with zero attached hydrogens (tertiary/aromatic N) is 2. The molecule has 30 heavy (non-hydrogen) atoms. The third-order valence-electron chi connectivity index (χ3n) is 5.54. The van der Waals surface area contributed by atoms with Crippen LogP contribution in [0.5, 0.6) is 11.5 Å². The Kier molecular flexibility index (Phi) is 4.92. The number of amides is 1. The molecule has 1 fully saturated rings. The molecule has 1 aliphatic rings. The maximum Gasteiger partial charge on any atom is 0.264 e. The number of hydrogen-bond donors (Lipinski definition) is 1. The van der Waals surface area contributed by atoms with E-state index >= 15 is 0 Å². The third kappa shape index (κ3) is 3.44. The van der Waals surface area contributed by atoms with Gasteiger partial charge in [0.15, 0.2) is 0 Å². The van der Waals surface area contributed by atoms with Crippen LogP contribution in [0.4, 0.5) is 0 Å². The lowest BCUT2D eigenvalue weighted by atomic mass is 10.2. The number of nitrogens with one attached hydrogen (secondary N) is 1. The van der Waals surface area contributed by atoms with Gasteiger partial charge in [0.2, 0.25) is 0 Å². The number of pyridine rings is 1. The number of thiophene rings is 1. The average Bonchev–Trinajstić information content (AvgIpc) is 3.45. The highest BCUT2D eigenvalue weighted by Gasteiger charge is 2.30. The van der Waals surface area contributed by atoms with Gasteiger partial charge in [0, 0.05) is 42.5 Å². The summed E-state index contributed by atoms with van der Waals surface area (Å²) in [5.41, 5.74) is 2.98. The molecule has 7 heteroatoms. The fraction of sp³-hybridized carbons (Fsp3) is 0.304. The number of rotatable bonds is 5. The monoisotopic (exact) mass is 421 g/mol. The summed E-state index contributed by atoms with van der Waals surface area (Å²) in [7, 11) is 1.68. The molecule has 1 amide bonds. The molecule has 0 radical (unpaired) electrons. The van der Waals surface area contributed by atoms with Crippen LogP contribution in [0.3, 0.4) is 0 Å². The second kappa shape index (κ2) is 7.74. The summed E-state index contributed by atoms with van der Waals surface area (Å²) >= 11 is 1.44. The van der Waals surface area contributed by atoms with Gasteiger partial charge in [-0.25, -0.2) is 0 Å². The molecule has 1 N–H and O–H groups in total. The first kappa shape index (κ1) is 19.1. The summed E-state index contributed by atoms with van der Waals surface area (Å²) in [6.07, 6.45) is 3.72. The van der Waals surface area contributed by atoms with Crippen LogP contribution in [0.25, 0.3) is 21.1 Å². The molecule has 0 unspecified atom stereocenters. The molecule has 1 atom stereocenters. The van der Waals surface area contributed by atoms with E-state index in [0.717, 1.165) is 51.9 Å². The molecular weight excluding hydrogens is 398 g/mol. The zero-order valence-corrected chi connectivity index (χ0v) is 17.8. The first-order valence-corrected chi connectivity index (χ1v) is 10.9. The number of H-pyrrole nitrogens is 1. The van der Waals surface area contributed by atoms with Gasteiger partial charge in [-0.3, -0.25) is 9.78 Å². The Morgan fingerprint density at radius 2 is 2.20 bits per heavy atom. The van der Waals surface area contributed by atoms with Gasteiger partial charge in [0.05, 0.1) is 27.7 Å². The van der Waals surface area contributed by atoms with Gasteiger partial charge in [-0.05, 0) is 50.1 Å². The Morgan fingerprint density at radius 1 is 1.30 bits per heavy atom. The average molecular weight is 422 g/mol. The number of likely N-dealkylation sites (tertiary alicyclic amines) is 1. The van der Waals surface area contributed by atoms with Gasteiger partial charge in [0.25, 0.3) is 5.91 Å². The number of methoxy groups -OCH3 is 1. The summed E-state index contributed by atoms with van der Waals surface area (Å²) in [6.45, 7) is 3.38. The second-order valence-corrected chi connectivity index (χ2v) is 8.74. The molecule has 4 aromatic rings. The van der Waals surface area contributed by atoms with E-state index in [4.69, 9.17) is 9.47 Å². The third-order valence-corrected chi connectivity index (χ3v) is 6.67. The van der Waals surface area contributed by atoms with Crippen LogP contribution in [-0.2, 0) is 4.74 Å². The Balaban J connectivity index is 1.45. The molecule has 1 aliphatic heterocycles. The fourth-order valence-corrected chi connectivity index (χ4v) is 5.18. The van der Waals surface area contributed by atoms with Gasteiger partial charge in [-0.1, -0.05) is 0 Å². The van der Waals surface area contributed by atoms with Crippen molar-refractivity contribution in [2.75, 3.05) is 20.3 Å². The first-order valence-electron chi connectivity index (χ1n) is 10.1. The molecule has 0 bridgehead atoms. The minimum atomic E-state index is 0.0488. The van der Waals surface area contributed by atoms with Gasteiger partial charge >= 0.3 is 0 Å². The minimum absolute atomic E-state index is 0.0488. The van der Waals surface area contributed by atoms with Crippen LogP contribution < -0.4 is 4.74 Å². The van der Waals surface area contributed by atoms with Crippen molar-refractivity contribution in [3.63, 3.8) is 0 Å². The molecule has 4 heterocycles. The predicted octanol–water partition coefficient (Wildman–Crippen LogP) is 5.13. The van der Waals surface area contributed by atoms with E-state index in [-0.39, 0.29) is 11.9 Å². The number of benzene rings is 1. The van der Waals surface area contributed by atoms with Crippen LogP contribution >= 0.6 is 11.3 Å². The summed E-state index contributed by atoms with van der Waals surface area (Å²) < 4.78 is 12.4. The van der Waals surface area contributed by atoms with E-state index in [1.54, 1.807) is 13.3 Å². The van der Waals surface area contributed by atoms with E-state index in [2.05, 4.69) is 16.0 Å². The normalized spacial score (nSPS) is 16.6. The molecule has 1 saturated heterocycles. The maximum atomic E-state index is 13.1. The Morgan fingerprint density at radius 3 is 3.07 bits per heavy atom. The lowest BCUT2D eigenvalue weighted by molar-refractivity contribution is 0.0635. The van der Waals surface area contributed by atoms with Gasteiger partial charge in [0.1, 0.15) is 11.5 Å². The Labute approximate surface area is 178 Å². The number of aromatic nitrogens is 2. The Bertz CT molecular complexity index is 1230. The first-order chi connectivity index (χ1) is 14.6. The van der Waals surface area contributed by atoms with E-state index in [1.165, 1.54) is 11.3 Å². The SMILES string of the molecule is COC[C@@H]1CCCN1C(=O)c1cc2nccc(Oc3ccc4[nH]c(C)cc4c3)c2s1. The topological polar surface area (TPSA) is 67.4 Å². The molecule has 0 spiro atoms. The van der Waals surface area contributed by atoms with E-state index in [9.17, 15) is 4.79 Å². The number of aryl methyl sites for hydroxylation is 1. The number of aromatic amines is 1. The van der Waals surface area contributed by atoms with Gasteiger partial charge in [-0.2, -0.15) is 0 Å². The smallest absolute Gasteiger partial charge is 0.264 e. The van der Waals surface area contributed by atoms with Crippen LogP contribution in [0.15, 0.2) is 42.6 Å². The number of carbonyl (C=O) groups excluding carboxylic acids is 1.